The minimum Gasteiger partial charge on any atom is -0.339 e. The van der Waals surface area contributed by atoms with Gasteiger partial charge in [0.1, 0.15) is 5.82 Å². The molecule has 0 aliphatic heterocycles. The molecule has 0 saturated carbocycles. The number of nitrogens with zero attached hydrogens (tertiary/aromatic N) is 2. The van der Waals surface area contributed by atoms with Gasteiger partial charge in [0.2, 0.25) is 11.7 Å². The topological polar surface area (TPSA) is 51.0 Å². The molecule has 0 fully saturated rings. The van der Waals surface area contributed by atoms with Crippen molar-refractivity contribution in [2.75, 3.05) is 6.54 Å². The number of aromatic nitrogens is 2. The summed E-state index contributed by atoms with van der Waals surface area (Å²) in [6.07, 6.45) is 0.674. The van der Waals surface area contributed by atoms with Crippen molar-refractivity contribution < 1.29 is 8.91 Å². The van der Waals surface area contributed by atoms with Crippen molar-refractivity contribution in [3.05, 3.63) is 34.4 Å². The van der Waals surface area contributed by atoms with E-state index in [4.69, 9.17) is 4.52 Å². The van der Waals surface area contributed by atoms with Crippen LogP contribution in [0.5, 0.6) is 0 Å². The van der Waals surface area contributed by atoms with Crippen LogP contribution in [0.25, 0.3) is 11.4 Å². The number of halogens is 2. The van der Waals surface area contributed by atoms with Crippen LogP contribution >= 0.6 is 15.9 Å². The Kier molecular flexibility index (Phi) is 4.66. The molecular weight excluding hydrogens is 313 g/mol. The third-order valence-electron chi connectivity index (χ3n) is 2.54. The Morgan fingerprint density at radius 1 is 1.42 bits per heavy atom. The fourth-order valence-electron chi connectivity index (χ4n) is 1.58. The first kappa shape index (κ1) is 14.1. The molecule has 1 aromatic heterocycles. The largest absolute Gasteiger partial charge is 0.339 e. The van der Waals surface area contributed by atoms with E-state index >= 15 is 0 Å². The van der Waals surface area contributed by atoms with Gasteiger partial charge in [0.25, 0.3) is 0 Å². The lowest BCUT2D eigenvalue weighted by atomic mass is 10.2. The van der Waals surface area contributed by atoms with Gasteiger partial charge in [-0.1, -0.05) is 19.0 Å². The maximum Gasteiger partial charge on any atom is 0.228 e. The molecule has 0 amide bonds. The molecule has 1 aromatic carbocycles. The molecule has 0 atom stereocenters. The lowest BCUT2D eigenvalue weighted by Crippen LogP contribution is -2.25. The van der Waals surface area contributed by atoms with E-state index in [1.807, 2.05) is 0 Å². The molecule has 102 valence electrons. The van der Waals surface area contributed by atoms with E-state index in [1.54, 1.807) is 12.1 Å². The Labute approximate surface area is 119 Å². The predicted octanol–water partition coefficient (Wildman–Crippen LogP) is 3.18. The van der Waals surface area contributed by atoms with E-state index in [2.05, 4.69) is 45.2 Å². The zero-order chi connectivity index (χ0) is 13.8. The van der Waals surface area contributed by atoms with E-state index < -0.39 is 0 Å². The Balaban J connectivity index is 2.05. The first-order chi connectivity index (χ1) is 9.06. The molecular formula is C13H15BrFN3O. The molecule has 0 aliphatic rings. The molecule has 2 aromatic rings. The van der Waals surface area contributed by atoms with Crippen LogP contribution in [0.4, 0.5) is 4.39 Å². The number of benzene rings is 1. The van der Waals surface area contributed by atoms with Crippen molar-refractivity contribution in [1.82, 2.24) is 15.5 Å². The number of hydrogen-bond acceptors (Lipinski definition) is 4. The molecule has 0 spiro atoms. The molecule has 4 nitrogen and oxygen atoms in total. The molecule has 1 N–H and O–H groups in total. The average Bonchev–Trinajstić information content (AvgIpc) is 2.81. The van der Waals surface area contributed by atoms with Crippen molar-refractivity contribution >= 4 is 15.9 Å². The first-order valence-corrected chi connectivity index (χ1v) is 6.87. The Morgan fingerprint density at radius 2 is 2.21 bits per heavy atom. The van der Waals surface area contributed by atoms with Gasteiger partial charge in [0.05, 0.1) is 4.47 Å². The molecule has 6 heteroatoms. The molecule has 0 aliphatic carbocycles. The van der Waals surface area contributed by atoms with E-state index in [-0.39, 0.29) is 5.82 Å². The van der Waals surface area contributed by atoms with E-state index in [1.165, 1.54) is 6.07 Å². The summed E-state index contributed by atoms with van der Waals surface area (Å²) in [6, 6.07) is 5.06. The summed E-state index contributed by atoms with van der Waals surface area (Å²) in [4.78, 5) is 4.29. The molecule has 0 unspecified atom stereocenters. The molecule has 0 radical (unpaired) electrons. The first-order valence-electron chi connectivity index (χ1n) is 6.07. The highest BCUT2D eigenvalue weighted by molar-refractivity contribution is 9.10. The van der Waals surface area contributed by atoms with Crippen LogP contribution in [-0.4, -0.2) is 22.7 Å². The maximum absolute atomic E-state index is 13.1. The van der Waals surface area contributed by atoms with E-state index in [9.17, 15) is 4.39 Å². The van der Waals surface area contributed by atoms with Gasteiger partial charge in [-0.15, -0.1) is 0 Å². The second kappa shape index (κ2) is 6.25. The van der Waals surface area contributed by atoms with Gasteiger partial charge in [-0.05, 0) is 34.1 Å². The Hall–Kier alpha value is -1.27. The van der Waals surface area contributed by atoms with Gasteiger partial charge in [-0.2, -0.15) is 4.98 Å². The summed E-state index contributed by atoms with van der Waals surface area (Å²) in [7, 11) is 0. The number of rotatable bonds is 5. The minimum absolute atomic E-state index is 0.311. The van der Waals surface area contributed by atoms with Gasteiger partial charge in [0, 0.05) is 24.6 Å². The lowest BCUT2D eigenvalue weighted by molar-refractivity contribution is 0.374. The monoisotopic (exact) mass is 327 g/mol. The van der Waals surface area contributed by atoms with E-state index in [0.29, 0.717) is 28.7 Å². The third kappa shape index (κ3) is 3.84. The average molecular weight is 328 g/mol. The zero-order valence-electron chi connectivity index (χ0n) is 10.8. The van der Waals surface area contributed by atoms with Crippen LogP contribution in [0.3, 0.4) is 0 Å². The molecule has 0 bridgehead atoms. The lowest BCUT2D eigenvalue weighted by Gasteiger charge is -2.04. The van der Waals surface area contributed by atoms with Gasteiger partial charge >= 0.3 is 0 Å². The number of hydrogen-bond donors (Lipinski definition) is 1. The van der Waals surface area contributed by atoms with Crippen molar-refractivity contribution in [2.24, 2.45) is 0 Å². The van der Waals surface area contributed by atoms with Crippen molar-refractivity contribution in [2.45, 2.75) is 26.3 Å². The second-order valence-corrected chi connectivity index (χ2v) is 5.35. The molecule has 1 heterocycles. The van der Waals surface area contributed by atoms with Gasteiger partial charge < -0.3 is 9.84 Å². The molecule has 19 heavy (non-hydrogen) atoms. The summed E-state index contributed by atoms with van der Waals surface area (Å²) in [5.41, 5.74) is 0.722. The predicted molar refractivity (Wildman–Crippen MR) is 74.2 cm³/mol. The molecule has 2 rings (SSSR count). The van der Waals surface area contributed by atoms with Crippen LogP contribution in [-0.2, 0) is 6.42 Å². The van der Waals surface area contributed by atoms with Crippen LogP contribution in [0.15, 0.2) is 27.2 Å². The van der Waals surface area contributed by atoms with Gasteiger partial charge in [-0.3, -0.25) is 0 Å². The van der Waals surface area contributed by atoms with Crippen molar-refractivity contribution in [3.8, 4) is 11.4 Å². The summed E-state index contributed by atoms with van der Waals surface area (Å²) < 4.78 is 18.7. The SMILES string of the molecule is CC(C)NCCc1nc(-c2ccc(F)c(Br)c2)no1. The summed E-state index contributed by atoms with van der Waals surface area (Å²) in [6.45, 7) is 4.94. The van der Waals surface area contributed by atoms with Crippen LogP contribution < -0.4 is 5.32 Å². The highest BCUT2D eigenvalue weighted by Crippen LogP contribution is 2.23. The normalized spacial score (nSPS) is 11.2. The second-order valence-electron chi connectivity index (χ2n) is 4.50. The van der Waals surface area contributed by atoms with Gasteiger partial charge in [0.15, 0.2) is 0 Å². The quantitative estimate of drug-likeness (QED) is 0.916. The summed E-state index contributed by atoms with van der Waals surface area (Å²) in [5.74, 6) is 0.734. The summed E-state index contributed by atoms with van der Waals surface area (Å²) >= 11 is 3.14. The fraction of sp³-hybridized carbons (Fsp3) is 0.385. The maximum atomic E-state index is 13.1. The summed E-state index contributed by atoms with van der Waals surface area (Å²) in [5, 5.41) is 7.17. The standard InChI is InChI=1S/C13H15BrFN3O/c1-8(2)16-6-5-12-17-13(18-19-12)9-3-4-11(15)10(14)7-9/h3-4,7-8,16H,5-6H2,1-2H3. The smallest absolute Gasteiger partial charge is 0.228 e. The van der Waals surface area contributed by atoms with Gasteiger partial charge in [-0.25, -0.2) is 4.39 Å². The highest BCUT2D eigenvalue weighted by atomic mass is 79.9. The highest BCUT2D eigenvalue weighted by Gasteiger charge is 2.10. The van der Waals surface area contributed by atoms with E-state index in [0.717, 1.165) is 12.1 Å². The van der Waals surface area contributed by atoms with Crippen LogP contribution in [0.2, 0.25) is 0 Å². The zero-order valence-corrected chi connectivity index (χ0v) is 12.4. The third-order valence-corrected chi connectivity index (χ3v) is 3.15. The minimum atomic E-state index is -0.311. The van der Waals surface area contributed by atoms with Crippen LogP contribution in [0, 0.1) is 5.82 Å². The Bertz CT molecular complexity index is 557. The molecule has 0 saturated heterocycles. The fourth-order valence-corrected chi connectivity index (χ4v) is 1.96. The van der Waals surface area contributed by atoms with Crippen LogP contribution in [0.1, 0.15) is 19.7 Å². The Morgan fingerprint density at radius 3 is 2.89 bits per heavy atom. The van der Waals surface area contributed by atoms with Crippen molar-refractivity contribution in [1.29, 1.82) is 0 Å². The number of nitrogens with one attached hydrogen (secondary N) is 1. The van der Waals surface area contributed by atoms with Crippen molar-refractivity contribution in [3.63, 3.8) is 0 Å².